The summed E-state index contributed by atoms with van der Waals surface area (Å²) in [6, 6.07) is 74.8. The summed E-state index contributed by atoms with van der Waals surface area (Å²) in [7, 11) is 1.65. The minimum atomic E-state index is -0.826. The van der Waals surface area contributed by atoms with E-state index < -0.39 is 11.6 Å². The van der Waals surface area contributed by atoms with E-state index in [0.29, 0.717) is 30.5 Å². The van der Waals surface area contributed by atoms with E-state index in [0.717, 1.165) is 94.1 Å². The minimum Gasteiger partial charge on any atom is -0.491 e. The van der Waals surface area contributed by atoms with E-state index in [1.54, 1.807) is 7.11 Å². The highest BCUT2D eigenvalue weighted by atomic mass is 16.7. The molecule has 0 amide bonds. The van der Waals surface area contributed by atoms with Gasteiger partial charge in [-0.25, -0.2) is 4.79 Å². The number of methoxy groups -OCH3 is 1. The molecule has 1 aliphatic carbocycles. The Morgan fingerprint density at radius 3 is 1.44 bits per heavy atom. The van der Waals surface area contributed by atoms with Gasteiger partial charge in [0, 0.05) is 30.7 Å². The topological polar surface area (TPSA) is 108 Å². The van der Waals surface area contributed by atoms with Crippen LogP contribution in [0.1, 0.15) is 29.2 Å². The van der Waals surface area contributed by atoms with Gasteiger partial charge in [-0.3, -0.25) is 4.79 Å². The molecule has 0 saturated carbocycles. The molecule has 0 spiro atoms. The lowest BCUT2D eigenvalue weighted by molar-refractivity contribution is -0.141. The summed E-state index contributed by atoms with van der Waals surface area (Å²) >= 11 is 0. The molecule has 0 saturated heterocycles. The summed E-state index contributed by atoms with van der Waals surface area (Å²) in [5.41, 5.74) is 11.5. The molecule has 0 fully saturated rings. The van der Waals surface area contributed by atoms with Crippen molar-refractivity contribution in [1.29, 1.82) is 0 Å². The average molecular weight is 1050 g/mol. The van der Waals surface area contributed by atoms with Crippen LogP contribution in [0.3, 0.4) is 0 Å². The van der Waals surface area contributed by atoms with Crippen molar-refractivity contribution in [3.63, 3.8) is 0 Å². The molecule has 0 N–H and O–H groups in total. The van der Waals surface area contributed by atoms with Crippen LogP contribution >= 0.6 is 0 Å². The third-order valence-electron chi connectivity index (χ3n) is 14.3. The molecule has 0 atom stereocenters. The highest BCUT2D eigenvalue weighted by Crippen LogP contribution is 2.57. The third kappa shape index (κ3) is 10.8. The average Bonchev–Trinajstić information content (AvgIpc) is 4.07. The Bertz CT molecular complexity index is 3730. The summed E-state index contributed by atoms with van der Waals surface area (Å²) in [6.07, 6.45) is -0.826. The highest BCUT2D eigenvalue weighted by molar-refractivity contribution is 6.08. The fraction of sp³-hybridized carbons (Fsp3) is 0.159. The number of ether oxygens (including phenoxy) is 8. The molecule has 79 heavy (non-hydrogen) atoms. The van der Waals surface area contributed by atoms with E-state index in [1.807, 2.05) is 97.1 Å². The van der Waals surface area contributed by atoms with E-state index in [1.165, 1.54) is 6.92 Å². The van der Waals surface area contributed by atoms with E-state index >= 15 is 0 Å². The van der Waals surface area contributed by atoms with E-state index in [2.05, 4.69) is 121 Å². The summed E-state index contributed by atoms with van der Waals surface area (Å²) in [5, 5.41) is 4.16. The molecule has 10 nitrogen and oxygen atoms in total. The lowest BCUT2D eigenvalue weighted by Crippen LogP contribution is -2.29. The van der Waals surface area contributed by atoms with Crippen LogP contribution in [-0.4, -0.2) is 72.1 Å². The number of fused-ring (bicyclic) bond motifs is 5. The quantitative estimate of drug-likeness (QED) is 0.0510. The van der Waals surface area contributed by atoms with Gasteiger partial charge in [-0.2, -0.15) is 0 Å². The fourth-order valence-corrected chi connectivity index (χ4v) is 10.9. The predicted octanol–water partition coefficient (Wildman–Crippen LogP) is 14.9. The normalized spacial score (nSPS) is 12.1. The van der Waals surface area contributed by atoms with Crippen LogP contribution in [0.25, 0.3) is 66.1 Å². The molecule has 0 bridgehead atoms. The number of esters is 1. The maximum absolute atomic E-state index is 13.1. The van der Waals surface area contributed by atoms with Gasteiger partial charge in [-0.15, -0.1) is 0 Å². The zero-order valence-electron chi connectivity index (χ0n) is 44.0. The lowest BCUT2D eigenvalue weighted by atomic mass is 9.67. The van der Waals surface area contributed by atoms with Crippen molar-refractivity contribution in [1.82, 2.24) is 0 Å². The van der Waals surface area contributed by atoms with E-state index in [9.17, 15) is 9.59 Å². The number of carbonyl (C=O) groups excluding carboxylic acids is 2. The van der Waals surface area contributed by atoms with Gasteiger partial charge in [0.15, 0.2) is 0 Å². The second kappa shape index (κ2) is 23.9. The fourth-order valence-electron chi connectivity index (χ4n) is 10.9. The van der Waals surface area contributed by atoms with Crippen molar-refractivity contribution in [2.45, 2.75) is 12.3 Å². The Morgan fingerprint density at radius 2 is 0.861 bits per heavy atom. The van der Waals surface area contributed by atoms with E-state index in [-0.39, 0.29) is 45.6 Å². The van der Waals surface area contributed by atoms with Gasteiger partial charge in [-0.1, -0.05) is 176 Å². The van der Waals surface area contributed by atoms with Crippen LogP contribution < -0.4 is 18.9 Å². The first-order valence-electron chi connectivity index (χ1n) is 26.5. The third-order valence-corrected chi connectivity index (χ3v) is 14.3. The Morgan fingerprint density at radius 1 is 0.380 bits per heavy atom. The smallest absolute Gasteiger partial charge is 0.491 e. The number of rotatable bonds is 21. The van der Waals surface area contributed by atoms with Crippen LogP contribution in [0.15, 0.2) is 218 Å². The van der Waals surface area contributed by atoms with Gasteiger partial charge >= 0.3 is 12.1 Å². The molecular weight excluding hydrogens is 989 g/mol. The van der Waals surface area contributed by atoms with Crippen molar-refractivity contribution >= 4 is 33.7 Å². The van der Waals surface area contributed by atoms with Crippen LogP contribution in [0.4, 0.5) is 4.79 Å². The molecular formula is C69H58O10. The predicted molar refractivity (Wildman–Crippen MR) is 309 cm³/mol. The van der Waals surface area contributed by atoms with Crippen LogP contribution in [0.2, 0.25) is 0 Å². The molecule has 11 rings (SSSR count). The number of carbonyl (C=O) groups is 2. The molecule has 10 aromatic carbocycles. The van der Waals surface area contributed by atoms with Crippen molar-refractivity contribution in [2.75, 3.05) is 60.0 Å². The van der Waals surface area contributed by atoms with Gasteiger partial charge in [0.1, 0.15) is 69.2 Å². The van der Waals surface area contributed by atoms with Crippen molar-refractivity contribution in [3.05, 3.63) is 241 Å². The molecule has 0 heterocycles. The maximum Gasteiger partial charge on any atom is 0.508 e. The molecule has 0 aliphatic heterocycles. The van der Waals surface area contributed by atoms with Gasteiger partial charge < -0.3 is 37.9 Å². The summed E-state index contributed by atoms with van der Waals surface area (Å²) in [4.78, 5) is 24.7. The Labute approximate surface area is 459 Å². The molecule has 0 unspecified atom stereocenters. The Balaban J connectivity index is 0.832. The Kier molecular flexibility index (Phi) is 15.6. The highest BCUT2D eigenvalue weighted by Gasteiger charge is 2.46. The van der Waals surface area contributed by atoms with Gasteiger partial charge in [0.25, 0.3) is 0 Å². The first-order valence-corrected chi connectivity index (χ1v) is 26.5. The number of hydrogen-bond donors (Lipinski definition) is 0. The molecule has 0 aromatic heterocycles. The zero-order valence-corrected chi connectivity index (χ0v) is 44.0. The number of benzene rings is 10. The largest absolute Gasteiger partial charge is 0.508 e. The number of hydrogen-bond acceptors (Lipinski definition) is 10. The minimum absolute atomic E-state index is 0.0425. The Hall–Kier alpha value is -9.38. The summed E-state index contributed by atoms with van der Waals surface area (Å²) in [6.45, 7) is 2.67. The molecule has 1 aliphatic rings. The second-order valence-corrected chi connectivity index (χ2v) is 19.0. The maximum atomic E-state index is 13.1. The van der Waals surface area contributed by atoms with Gasteiger partial charge in [-0.05, 0) is 114 Å². The lowest BCUT2D eigenvalue weighted by Gasteiger charge is -2.35. The summed E-state index contributed by atoms with van der Waals surface area (Å²) in [5.74, 6) is 2.32. The molecule has 10 heteroatoms. The molecule has 0 radical (unpaired) electrons. The zero-order chi connectivity index (χ0) is 54.0. The van der Waals surface area contributed by atoms with Crippen LogP contribution in [0, 0.1) is 0 Å². The van der Waals surface area contributed by atoms with E-state index in [4.69, 9.17) is 37.9 Å². The van der Waals surface area contributed by atoms with Crippen LogP contribution in [-0.2, 0) is 29.2 Å². The standard InChI is InChI=1S/C69H58O10/c1-47(70)73-37-38-75-64-33-30-52(44-59(64)48-17-5-3-6-18-48)69(62-27-15-13-25-57(62)58-26-14-16-28-63(58)69)53-31-34-65(60(45-53)49-19-7-4-8-20-49)76-39-41-78-68(71)79-42-40-77-66-32-29-50-21-9-12-24-56(50)67(66)61-46-54(74-36-35-72-2)43-51-22-10-11-23-55(51)61/h3-34,43-46H,35-42H2,1-2H3. The molecule has 10 aromatic rings. The second-order valence-electron chi connectivity index (χ2n) is 19.0. The van der Waals surface area contributed by atoms with Crippen molar-refractivity contribution in [2.24, 2.45) is 0 Å². The molecule has 394 valence electrons. The van der Waals surface area contributed by atoms with Crippen LogP contribution in [0.5, 0.6) is 23.0 Å². The first-order chi connectivity index (χ1) is 38.9. The SMILES string of the molecule is COCCOc1cc(-c2c(OCCOC(=O)OCCOc3ccc(C4(c5ccc(OCCOC(C)=O)c(-c6ccccc6)c5)c5ccccc5-c5ccccc54)cc3-c3ccccc3)ccc3ccccc23)c2ccccc2c1. The van der Waals surface area contributed by atoms with Crippen molar-refractivity contribution < 1.29 is 47.5 Å². The van der Waals surface area contributed by atoms with Crippen molar-refractivity contribution in [3.8, 4) is 67.5 Å². The van der Waals surface area contributed by atoms with Gasteiger partial charge in [0.05, 0.1) is 12.0 Å². The van der Waals surface area contributed by atoms with Gasteiger partial charge in [0.2, 0.25) is 0 Å². The monoisotopic (exact) mass is 1050 g/mol. The first kappa shape index (κ1) is 51.7. The summed E-state index contributed by atoms with van der Waals surface area (Å²) < 4.78 is 47.0.